The quantitative estimate of drug-likeness (QED) is 0.613. The summed E-state index contributed by atoms with van der Waals surface area (Å²) < 4.78 is 4.89. The highest BCUT2D eigenvalue weighted by Crippen LogP contribution is 2.10. The Morgan fingerprint density at radius 2 is 2.36 bits per heavy atom. The lowest BCUT2D eigenvalue weighted by molar-refractivity contribution is 0.105. The lowest BCUT2D eigenvalue weighted by Gasteiger charge is -2.09. The number of methoxy groups -OCH3 is 1. The molecule has 1 aromatic heterocycles. The number of nitrogens with zero attached hydrogens (tertiary/aromatic N) is 1. The molecule has 14 heavy (non-hydrogen) atoms. The fourth-order valence-electron chi connectivity index (χ4n) is 0.906. The zero-order valence-electron chi connectivity index (χ0n) is 7.97. The molecule has 5 nitrogen and oxygen atoms in total. The van der Waals surface area contributed by atoms with Crippen molar-refractivity contribution < 1.29 is 14.9 Å². The Morgan fingerprint density at radius 1 is 1.57 bits per heavy atom. The van der Waals surface area contributed by atoms with Gasteiger partial charge in [0.25, 0.3) is 0 Å². The van der Waals surface area contributed by atoms with Gasteiger partial charge in [-0.05, 0) is 6.07 Å². The molecule has 1 unspecified atom stereocenters. The number of pyridine rings is 1. The Balaban J connectivity index is 2.43. The van der Waals surface area contributed by atoms with Crippen molar-refractivity contribution >= 4 is 5.69 Å². The Bertz CT molecular complexity index is 263. The Morgan fingerprint density at radius 3 is 2.86 bits per heavy atom. The van der Waals surface area contributed by atoms with Crippen molar-refractivity contribution in [1.29, 1.82) is 0 Å². The molecule has 1 heterocycles. The number of nitrogens with one attached hydrogen (secondary N) is 1. The molecule has 0 aliphatic carbocycles. The molecular weight excluding hydrogens is 184 g/mol. The number of hydrogen-bond donors (Lipinski definition) is 3. The number of aliphatic hydroxyl groups is 2. The third-order valence-electron chi connectivity index (χ3n) is 1.70. The van der Waals surface area contributed by atoms with Crippen molar-refractivity contribution in [2.24, 2.45) is 0 Å². The molecule has 0 radical (unpaired) electrons. The number of aliphatic hydroxyl groups excluding tert-OH is 2. The van der Waals surface area contributed by atoms with Gasteiger partial charge in [-0.2, -0.15) is 0 Å². The molecule has 1 atom stereocenters. The first-order chi connectivity index (χ1) is 6.76. The van der Waals surface area contributed by atoms with E-state index in [9.17, 15) is 0 Å². The largest absolute Gasteiger partial charge is 0.481 e. The van der Waals surface area contributed by atoms with E-state index in [-0.39, 0.29) is 6.61 Å². The molecule has 0 aliphatic heterocycles. The van der Waals surface area contributed by atoms with Gasteiger partial charge in [-0.25, -0.2) is 4.98 Å². The molecule has 0 fully saturated rings. The third kappa shape index (κ3) is 3.20. The maximum atomic E-state index is 9.06. The van der Waals surface area contributed by atoms with Crippen molar-refractivity contribution in [1.82, 2.24) is 4.98 Å². The van der Waals surface area contributed by atoms with E-state index >= 15 is 0 Å². The summed E-state index contributed by atoms with van der Waals surface area (Å²) in [6, 6.07) is 3.50. The summed E-state index contributed by atoms with van der Waals surface area (Å²) in [7, 11) is 1.55. The minimum atomic E-state index is -0.753. The van der Waals surface area contributed by atoms with E-state index in [4.69, 9.17) is 14.9 Å². The second-order valence-corrected chi connectivity index (χ2v) is 2.81. The highest BCUT2D eigenvalue weighted by Gasteiger charge is 2.01. The maximum absolute atomic E-state index is 9.06. The molecule has 0 saturated heterocycles. The maximum Gasteiger partial charge on any atom is 0.213 e. The summed E-state index contributed by atoms with van der Waals surface area (Å²) in [5.41, 5.74) is 0.776. The fourth-order valence-corrected chi connectivity index (χ4v) is 0.906. The molecule has 0 amide bonds. The van der Waals surface area contributed by atoms with Gasteiger partial charge >= 0.3 is 0 Å². The van der Waals surface area contributed by atoms with Crippen LogP contribution in [-0.2, 0) is 0 Å². The summed E-state index contributed by atoms with van der Waals surface area (Å²) in [6.07, 6.45) is 0.847. The van der Waals surface area contributed by atoms with Crippen LogP contribution in [0.1, 0.15) is 0 Å². The summed E-state index contributed by atoms with van der Waals surface area (Å²) in [4.78, 5) is 3.97. The lowest BCUT2D eigenvalue weighted by Crippen LogP contribution is -2.22. The first-order valence-electron chi connectivity index (χ1n) is 4.29. The molecular formula is C9H14N2O3. The van der Waals surface area contributed by atoms with Gasteiger partial charge in [0.15, 0.2) is 0 Å². The number of ether oxygens (including phenoxy) is 1. The van der Waals surface area contributed by atoms with Gasteiger partial charge < -0.3 is 20.3 Å². The monoisotopic (exact) mass is 198 g/mol. The minimum Gasteiger partial charge on any atom is -0.481 e. The number of hydrogen-bond acceptors (Lipinski definition) is 5. The van der Waals surface area contributed by atoms with Gasteiger partial charge in [0.05, 0.1) is 31.7 Å². The average molecular weight is 198 g/mol. The highest BCUT2D eigenvalue weighted by atomic mass is 16.5. The molecule has 0 aromatic carbocycles. The van der Waals surface area contributed by atoms with E-state index in [1.165, 1.54) is 0 Å². The first kappa shape index (κ1) is 10.7. The van der Waals surface area contributed by atoms with Crippen molar-refractivity contribution in [3.63, 3.8) is 0 Å². The zero-order valence-corrected chi connectivity index (χ0v) is 7.97. The van der Waals surface area contributed by atoms with Crippen LogP contribution >= 0.6 is 0 Å². The molecule has 5 heteroatoms. The Labute approximate surface area is 82.4 Å². The van der Waals surface area contributed by atoms with E-state index in [0.29, 0.717) is 12.4 Å². The molecule has 0 saturated carbocycles. The van der Waals surface area contributed by atoms with Gasteiger partial charge in [0.2, 0.25) is 5.88 Å². The van der Waals surface area contributed by atoms with Crippen molar-refractivity contribution in [2.75, 3.05) is 25.6 Å². The smallest absolute Gasteiger partial charge is 0.213 e. The zero-order chi connectivity index (χ0) is 10.4. The molecule has 1 aromatic rings. The van der Waals surface area contributed by atoms with E-state index in [0.717, 1.165) is 5.69 Å². The molecule has 3 N–H and O–H groups in total. The van der Waals surface area contributed by atoms with Crippen LogP contribution in [0.15, 0.2) is 18.3 Å². The summed E-state index contributed by atoms with van der Waals surface area (Å²) in [5.74, 6) is 0.540. The van der Waals surface area contributed by atoms with Gasteiger partial charge in [-0.15, -0.1) is 0 Å². The normalized spacial score (nSPS) is 12.2. The van der Waals surface area contributed by atoms with Crippen LogP contribution in [0.5, 0.6) is 5.88 Å². The molecule has 1 rings (SSSR count). The first-order valence-corrected chi connectivity index (χ1v) is 4.29. The summed E-state index contributed by atoms with van der Waals surface area (Å²) in [5, 5.41) is 20.6. The van der Waals surface area contributed by atoms with Crippen molar-refractivity contribution in [3.05, 3.63) is 18.3 Å². The van der Waals surface area contributed by atoms with Gasteiger partial charge in [0, 0.05) is 12.6 Å². The van der Waals surface area contributed by atoms with E-state index in [1.807, 2.05) is 0 Å². The van der Waals surface area contributed by atoms with Crippen LogP contribution in [0, 0.1) is 0 Å². The van der Waals surface area contributed by atoms with E-state index in [2.05, 4.69) is 10.3 Å². The van der Waals surface area contributed by atoms with Gasteiger partial charge in [-0.1, -0.05) is 0 Å². The standard InChI is InChI=1S/C9H14N2O3/c1-14-9-3-2-7(4-11-9)10-5-8(13)6-12/h2-4,8,10,12-13H,5-6H2,1H3. The average Bonchev–Trinajstić information content (AvgIpc) is 2.26. The van der Waals surface area contributed by atoms with Crippen molar-refractivity contribution in [3.8, 4) is 5.88 Å². The van der Waals surface area contributed by atoms with Crippen LogP contribution < -0.4 is 10.1 Å². The van der Waals surface area contributed by atoms with Crippen LogP contribution in [0.25, 0.3) is 0 Å². The van der Waals surface area contributed by atoms with Crippen LogP contribution in [0.4, 0.5) is 5.69 Å². The minimum absolute atomic E-state index is 0.253. The fraction of sp³-hybridized carbons (Fsp3) is 0.444. The summed E-state index contributed by atoms with van der Waals surface area (Å²) in [6.45, 7) is 0.0428. The SMILES string of the molecule is COc1ccc(NCC(O)CO)cn1. The second-order valence-electron chi connectivity index (χ2n) is 2.81. The molecule has 0 aliphatic rings. The van der Waals surface area contributed by atoms with Gasteiger partial charge in [-0.3, -0.25) is 0 Å². The molecule has 0 spiro atoms. The van der Waals surface area contributed by atoms with Crippen LogP contribution in [0.2, 0.25) is 0 Å². The molecule has 78 valence electrons. The topological polar surface area (TPSA) is 74.6 Å². The number of aromatic nitrogens is 1. The second kappa shape index (κ2) is 5.41. The lowest BCUT2D eigenvalue weighted by atomic mass is 10.3. The van der Waals surface area contributed by atoms with Gasteiger partial charge in [0.1, 0.15) is 0 Å². The number of rotatable bonds is 5. The predicted octanol–water partition coefficient (Wildman–Crippen LogP) is -0.145. The predicted molar refractivity (Wildman–Crippen MR) is 52.4 cm³/mol. The van der Waals surface area contributed by atoms with Crippen molar-refractivity contribution in [2.45, 2.75) is 6.10 Å². The highest BCUT2D eigenvalue weighted by molar-refractivity contribution is 5.41. The Kier molecular flexibility index (Phi) is 4.15. The van der Waals surface area contributed by atoms with E-state index < -0.39 is 6.10 Å². The molecule has 0 bridgehead atoms. The van der Waals surface area contributed by atoms with Crippen LogP contribution in [0.3, 0.4) is 0 Å². The summed E-state index contributed by atoms with van der Waals surface area (Å²) >= 11 is 0. The third-order valence-corrected chi connectivity index (χ3v) is 1.70. The number of anilines is 1. The Hall–Kier alpha value is -1.33. The van der Waals surface area contributed by atoms with Crippen LogP contribution in [-0.4, -0.2) is 41.6 Å². The van der Waals surface area contributed by atoms with E-state index in [1.54, 1.807) is 25.4 Å².